The van der Waals surface area contributed by atoms with Crippen LogP contribution in [-0.2, 0) is 0 Å². The fraction of sp³-hybridized carbons (Fsp3) is 0.300. The summed E-state index contributed by atoms with van der Waals surface area (Å²) in [6, 6.07) is 1.91. The van der Waals surface area contributed by atoms with Gasteiger partial charge in [0.25, 0.3) is 5.91 Å². The van der Waals surface area contributed by atoms with Gasteiger partial charge in [-0.05, 0) is 25.5 Å². The standard InChI is InChI=1S/C10H12BrNOS/c1-6-4-9(14-8(6)3)10(13)12-5-7(2)11/h4H,2,5H2,1,3H3,(H,12,13). The molecule has 14 heavy (non-hydrogen) atoms. The third kappa shape index (κ3) is 2.96. The van der Waals surface area contributed by atoms with Crippen LogP contribution in [0.15, 0.2) is 17.1 Å². The second-order valence-electron chi connectivity index (χ2n) is 3.05. The number of carbonyl (C=O) groups excluding carboxylic acids is 1. The zero-order valence-corrected chi connectivity index (χ0v) is 10.6. The molecule has 0 radical (unpaired) electrons. The molecule has 1 rings (SSSR count). The van der Waals surface area contributed by atoms with Gasteiger partial charge in [0.05, 0.1) is 4.88 Å². The number of thiophene rings is 1. The first-order valence-electron chi connectivity index (χ1n) is 4.19. The molecule has 76 valence electrons. The van der Waals surface area contributed by atoms with E-state index in [2.05, 4.69) is 27.8 Å². The van der Waals surface area contributed by atoms with E-state index in [-0.39, 0.29) is 5.91 Å². The number of rotatable bonds is 3. The van der Waals surface area contributed by atoms with Crippen molar-refractivity contribution in [2.45, 2.75) is 13.8 Å². The van der Waals surface area contributed by atoms with Crippen LogP contribution in [0.3, 0.4) is 0 Å². The van der Waals surface area contributed by atoms with E-state index in [4.69, 9.17) is 0 Å². The van der Waals surface area contributed by atoms with Crippen LogP contribution in [0.2, 0.25) is 0 Å². The fourth-order valence-electron chi connectivity index (χ4n) is 0.948. The topological polar surface area (TPSA) is 29.1 Å². The van der Waals surface area contributed by atoms with E-state index in [1.807, 2.05) is 19.9 Å². The van der Waals surface area contributed by atoms with Crippen LogP contribution >= 0.6 is 27.3 Å². The Bertz CT molecular complexity index is 351. The molecule has 1 amide bonds. The van der Waals surface area contributed by atoms with Crippen LogP contribution < -0.4 is 5.32 Å². The smallest absolute Gasteiger partial charge is 0.261 e. The van der Waals surface area contributed by atoms with Gasteiger partial charge in [-0.25, -0.2) is 0 Å². The van der Waals surface area contributed by atoms with E-state index in [9.17, 15) is 4.79 Å². The van der Waals surface area contributed by atoms with E-state index in [1.165, 1.54) is 16.2 Å². The second-order valence-corrected chi connectivity index (χ2v) is 5.43. The van der Waals surface area contributed by atoms with Gasteiger partial charge in [0.15, 0.2) is 0 Å². The third-order valence-corrected chi connectivity index (χ3v) is 3.26. The van der Waals surface area contributed by atoms with Gasteiger partial charge in [0.1, 0.15) is 0 Å². The highest BCUT2D eigenvalue weighted by Crippen LogP contribution is 2.20. The van der Waals surface area contributed by atoms with Gasteiger partial charge < -0.3 is 5.32 Å². The summed E-state index contributed by atoms with van der Waals surface area (Å²) in [5.41, 5.74) is 1.16. The maximum atomic E-state index is 11.6. The SMILES string of the molecule is C=C(Br)CNC(=O)c1cc(C)c(C)s1. The summed E-state index contributed by atoms with van der Waals surface area (Å²) in [4.78, 5) is 13.5. The molecular formula is C10H12BrNOS. The van der Waals surface area contributed by atoms with E-state index in [1.54, 1.807) is 0 Å². The van der Waals surface area contributed by atoms with Crippen molar-refractivity contribution in [3.8, 4) is 0 Å². The molecule has 0 fully saturated rings. The van der Waals surface area contributed by atoms with Crippen molar-refractivity contribution < 1.29 is 4.79 Å². The first-order chi connectivity index (χ1) is 6.50. The van der Waals surface area contributed by atoms with Crippen molar-refractivity contribution >= 4 is 33.2 Å². The Morgan fingerprint density at radius 2 is 2.29 bits per heavy atom. The molecule has 1 aromatic heterocycles. The summed E-state index contributed by atoms with van der Waals surface area (Å²) in [5.74, 6) is -0.0354. The summed E-state index contributed by atoms with van der Waals surface area (Å²) >= 11 is 4.71. The minimum Gasteiger partial charge on any atom is -0.347 e. The number of hydrogen-bond donors (Lipinski definition) is 1. The van der Waals surface area contributed by atoms with Crippen LogP contribution in [0.4, 0.5) is 0 Å². The highest BCUT2D eigenvalue weighted by atomic mass is 79.9. The summed E-state index contributed by atoms with van der Waals surface area (Å²) in [5, 5.41) is 2.76. The molecule has 0 atom stereocenters. The van der Waals surface area contributed by atoms with E-state index < -0.39 is 0 Å². The average Bonchev–Trinajstić information content (AvgIpc) is 2.43. The monoisotopic (exact) mass is 273 g/mol. The Labute approximate surface area is 96.2 Å². The maximum absolute atomic E-state index is 11.6. The summed E-state index contributed by atoms with van der Waals surface area (Å²) in [6.45, 7) is 8.14. The fourth-order valence-corrected chi connectivity index (χ4v) is 2.04. The zero-order chi connectivity index (χ0) is 10.7. The predicted molar refractivity (Wildman–Crippen MR) is 64.2 cm³/mol. The van der Waals surface area contributed by atoms with Crippen LogP contribution in [0.1, 0.15) is 20.1 Å². The molecule has 0 aliphatic rings. The van der Waals surface area contributed by atoms with E-state index in [0.29, 0.717) is 6.54 Å². The number of carbonyl (C=O) groups is 1. The van der Waals surface area contributed by atoms with Crippen LogP contribution in [-0.4, -0.2) is 12.5 Å². The molecule has 1 aromatic rings. The summed E-state index contributed by atoms with van der Waals surface area (Å²) in [6.07, 6.45) is 0. The summed E-state index contributed by atoms with van der Waals surface area (Å²) < 4.78 is 0.774. The lowest BCUT2D eigenvalue weighted by Crippen LogP contribution is -2.23. The highest BCUT2D eigenvalue weighted by molar-refractivity contribution is 9.11. The molecule has 0 aliphatic carbocycles. The van der Waals surface area contributed by atoms with Crippen molar-refractivity contribution in [1.82, 2.24) is 5.32 Å². The minimum absolute atomic E-state index is 0.0354. The van der Waals surface area contributed by atoms with Crippen LogP contribution in [0.5, 0.6) is 0 Å². The van der Waals surface area contributed by atoms with Crippen LogP contribution in [0, 0.1) is 13.8 Å². The van der Waals surface area contributed by atoms with Crippen LogP contribution in [0.25, 0.3) is 0 Å². The first-order valence-corrected chi connectivity index (χ1v) is 5.80. The quantitative estimate of drug-likeness (QED) is 0.902. The molecule has 1 heterocycles. The number of nitrogens with one attached hydrogen (secondary N) is 1. The van der Waals surface area contributed by atoms with E-state index >= 15 is 0 Å². The number of amides is 1. The Morgan fingerprint density at radius 3 is 2.71 bits per heavy atom. The number of halogens is 1. The molecule has 0 saturated carbocycles. The van der Waals surface area contributed by atoms with Gasteiger partial charge in [-0.1, -0.05) is 22.5 Å². The van der Waals surface area contributed by atoms with Gasteiger partial charge in [-0.2, -0.15) is 0 Å². The molecule has 2 nitrogen and oxygen atoms in total. The van der Waals surface area contributed by atoms with Crippen molar-refractivity contribution in [2.75, 3.05) is 6.54 Å². The Morgan fingerprint density at radius 1 is 1.64 bits per heavy atom. The molecule has 0 aliphatic heterocycles. The van der Waals surface area contributed by atoms with Gasteiger partial charge >= 0.3 is 0 Å². The molecule has 0 aromatic carbocycles. The van der Waals surface area contributed by atoms with Gasteiger partial charge in [-0.3, -0.25) is 4.79 Å². The number of aryl methyl sites for hydroxylation is 2. The molecule has 4 heteroatoms. The van der Waals surface area contributed by atoms with E-state index in [0.717, 1.165) is 14.9 Å². The summed E-state index contributed by atoms with van der Waals surface area (Å²) in [7, 11) is 0. The lowest BCUT2D eigenvalue weighted by Gasteiger charge is -2.00. The highest BCUT2D eigenvalue weighted by Gasteiger charge is 2.09. The first kappa shape index (κ1) is 11.5. The minimum atomic E-state index is -0.0354. The zero-order valence-electron chi connectivity index (χ0n) is 8.19. The molecular weight excluding hydrogens is 262 g/mol. The largest absolute Gasteiger partial charge is 0.347 e. The molecule has 0 bridgehead atoms. The second kappa shape index (κ2) is 4.75. The lowest BCUT2D eigenvalue weighted by molar-refractivity contribution is 0.0962. The normalized spacial score (nSPS) is 9.93. The van der Waals surface area contributed by atoms with Crippen molar-refractivity contribution in [1.29, 1.82) is 0 Å². The average molecular weight is 274 g/mol. The third-order valence-electron chi connectivity index (χ3n) is 1.83. The Hall–Kier alpha value is -0.610. The van der Waals surface area contributed by atoms with Crippen molar-refractivity contribution in [3.05, 3.63) is 32.4 Å². The maximum Gasteiger partial charge on any atom is 0.261 e. The molecule has 0 unspecified atom stereocenters. The van der Waals surface area contributed by atoms with Crippen molar-refractivity contribution in [2.24, 2.45) is 0 Å². The van der Waals surface area contributed by atoms with Crippen molar-refractivity contribution in [3.63, 3.8) is 0 Å². The molecule has 0 saturated heterocycles. The van der Waals surface area contributed by atoms with Gasteiger partial charge in [0, 0.05) is 15.9 Å². The Kier molecular flexibility index (Phi) is 3.89. The lowest BCUT2D eigenvalue weighted by atomic mass is 10.3. The van der Waals surface area contributed by atoms with Gasteiger partial charge in [-0.15, -0.1) is 11.3 Å². The number of hydrogen-bond acceptors (Lipinski definition) is 2. The van der Waals surface area contributed by atoms with Gasteiger partial charge in [0.2, 0.25) is 0 Å². The predicted octanol–water partition coefficient (Wildman–Crippen LogP) is 3.00. The Balaban J connectivity index is 2.65. The molecule has 0 spiro atoms. The molecule has 1 N–H and O–H groups in total.